The summed E-state index contributed by atoms with van der Waals surface area (Å²) in [5.74, 6) is -0.0967. The first-order valence-corrected chi connectivity index (χ1v) is 6.23. The van der Waals surface area contributed by atoms with Gasteiger partial charge in [-0.2, -0.15) is 0 Å². The Bertz CT molecular complexity index is 446. The fourth-order valence-corrected chi connectivity index (χ4v) is 1.43. The number of amides is 1. The number of hydrogen-bond acceptors (Lipinski definition) is 2. The summed E-state index contributed by atoms with van der Waals surface area (Å²) in [5, 5.41) is 8.60. The van der Waals surface area contributed by atoms with Crippen molar-refractivity contribution in [2.75, 3.05) is 25.0 Å². The maximum absolute atomic E-state index is 12.9. The first kappa shape index (κ1) is 18.6. The van der Waals surface area contributed by atoms with Gasteiger partial charge < -0.3 is 16.0 Å². The van der Waals surface area contributed by atoms with Crippen LogP contribution in [0.25, 0.3) is 0 Å². The van der Waals surface area contributed by atoms with Gasteiger partial charge in [-0.25, -0.2) is 9.38 Å². The van der Waals surface area contributed by atoms with E-state index >= 15 is 0 Å². The summed E-state index contributed by atoms with van der Waals surface area (Å²) in [7, 11) is 0. The molecule has 5 nitrogen and oxygen atoms in total. The molecule has 0 unspecified atom stereocenters. The molecule has 0 aliphatic rings. The Hall–Kier alpha value is -1.38. The van der Waals surface area contributed by atoms with Gasteiger partial charge in [0.15, 0.2) is 5.96 Å². The van der Waals surface area contributed by atoms with Gasteiger partial charge >= 0.3 is 0 Å². The predicted molar refractivity (Wildman–Crippen MR) is 90.1 cm³/mol. The van der Waals surface area contributed by atoms with Gasteiger partial charge in [-0.05, 0) is 32.0 Å². The Morgan fingerprint density at radius 3 is 2.45 bits per heavy atom. The summed E-state index contributed by atoms with van der Waals surface area (Å²) in [5.41, 5.74) is 0.425. The minimum atomic E-state index is -0.387. The van der Waals surface area contributed by atoms with E-state index in [2.05, 4.69) is 20.9 Å². The number of carbonyl (C=O) groups is 1. The Morgan fingerprint density at radius 1 is 1.25 bits per heavy atom. The van der Waals surface area contributed by atoms with E-state index in [1.54, 1.807) is 6.07 Å². The summed E-state index contributed by atoms with van der Waals surface area (Å²) in [6, 6.07) is 5.75. The number of guanidine groups is 1. The monoisotopic (exact) mass is 394 g/mol. The molecule has 3 N–H and O–H groups in total. The van der Waals surface area contributed by atoms with Crippen LogP contribution in [0.2, 0.25) is 0 Å². The Labute approximate surface area is 135 Å². The highest BCUT2D eigenvalue weighted by molar-refractivity contribution is 14.0. The number of hydrogen-bond donors (Lipinski definition) is 3. The SMILES string of the molecule is CCNC(=NCC(=O)Nc1cccc(F)c1)NCC.I. The zero-order valence-corrected chi connectivity index (χ0v) is 13.9. The fraction of sp³-hybridized carbons (Fsp3) is 0.385. The van der Waals surface area contributed by atoms with Crippen LogP contribution in [0.15, 0.2) is 29.3 Å². The molecule has 0 bridgehead atoms. The van der Waals surface area contributed by atoms with E-state index in [-0.39, 0.29) is 42.2 Å². The highest BCUT2D eigenvalue weighted by Crippen LogP contribution is 2.08. The van der Waals surface area contributed by atoms with E-state index in [0.29, 0.717) is 11.6 Å². The number of rotatable bonds is 5. The second-order valence-electron chi connectivity index (χ2n) is 3.78. The minimum absolute atomic E-state index is 0. The molecule has 0 radical (unpaired) electrons. The molecule has 0 spiro atoms. The second-order valence-corrected chi connectivity index (χ2v) is 3.78. The molecule has 20 heavy (non-hydrogen) atoms. The van der Waals surface area contributed by atoms with Crippen molar-refractivity contribution in [2.45, 2.75) is 13.8 Å². The number of aliphatic imine (C=N–C) groups is 1. The number of nitrogens with zero attached hydrogens (tertiary/aromatic N) is 1. The molecule has 0 aliphatic carbocycles. The van der Waals surface area contributed by atoms with Crippen LogP contribution in [-0.4, -0.2) is 31.5 Å². The lowest BCUT2D eigenvalue weighted by Crippen LogP contribution is -2.37. The smallest absolute Gasteiger partial charge is 0.246 e. The Kier molecular flexibility index (Phi) is 9.69. The second kappa shape index (κ2) is 10.4. The van der Waals surface area contributed by atoms with E-state index < -0.39 is 0 Å². The summed E-state index contributed by atoms with van der Waals surface area (Å²) in [6.07, 6.45) is 0. The zero-order chi connectivity index (χ0) is 14.1. The molecule has 0 saturated heterocycles. The molecule has 1 aromatic rings. The van der Waals surface area contributed by atoms with Crippen LogP contribution >= 0.6 is 24.0 Å². The van der Waals surface area contributed by atoms with E-state index in [1.807, 2.05) is 13.8 Å². The molecular weight excluding hydrogens is 374 g/mol. The van der Waals surface area contributed by atoms with Crippen LogP contribution in [0.1, 0.15) is 13.8 Å². The number of nitrogens with one attached hydrogen (secondary N) is 3. The van der Waals surface area contributed by atoms with Crippen molar-refractivity contribution in [3.8, 4) is 0 Å². The summed E-state index contributed by atoms with van der Waals surface area (Å²) in [6.45, 7) is 5.31. The summed E-state index contributed by atoms with van der Waals surface area (Å²) >= 11 is 0. The molecule has 0 heterocycles. The van der Waals surface area contributed by atoms with Gasteiger partial charge in [0.05, 0.1) is 0 Å². The van der Waals surface area contributed by atoms with Crippen molar-refractivity contribution in [2.24, 2.45) is 4.99 Å². The molecule has 0 fully saturated rings. The van der Waals surface area contributed by atoms with Crippen molar-refractivity contribution in [3.05, 3.63) is 30.1 Å². The van der Waals surface area contributed by atoms with Crippen molar-refractivity contribution < 1.29 is 9.18 Å². The van der Waals surface area contributed by atoms with Crippen LogP contribution in [-0.2, 0) is 4.79 Å². The average Bonchev–Trinajstić information content (AvgIpc) is 2.36. The third kappa shape index (κ3) is 7.27. The van der Waals surface area contributed by atoms with E-state index in [9.17, 15) is 9.18 Å². The van der Waals surface area contributed by atoms with Crippen LogP contribution < -0.4 is 16.0 Å². The third-order valence-corrected chi connectivity index (χ3v) is 2.18. The van der Waals surface area contributed by atoms with Crippen molar-refractivity contribution >= 4 is 41.5 Å². The normalized spacial score (nSPS) is 9.15. The molecule has 0 aromatic heterocycles. The fourth-order valence-electron chi connectivity index (χ4n) is 1.43. The van der Waals surface area contributed by atoms with Crippen molar-refractivity contribution in [1.29, 1.82) is 0 Å². The van der Waals surface area contributed by atoms with Gasteiger partial charge in [0.1, 0.15) is 12.4 Å². The maximum atomic E-state index is 12.9. The van der Waals surface area contributed by atoms with Gasteiger partial charge in [-0.1, -0.05) is 6.07 Å². The molecule has 1 rings (SSSR count). The first-order chi connectivity index (χ1) is 9.15. The van der Waals surface area contributed by atoms with Crippen LogP contribution in [0.4, 0.5) is 10.1 Å². The third-order valence-electron chi connectivity index (χ3n) is 2.18. The van der Waals surface area contributed by atoms with Crippen molar-refractivity contribution in [1.82, 2.24) is 10.6 Å². The lowest BCUT2D eigenvalue weighted by atomic mass is 10.3. The topological polar surface area (TPSA) is 65.5 Å². The summed E-state index contributed by atoms with van der Waals surface area (Å²) in [4.78, 5) is 15.8. The van der Waals surface area contributed by atoms with Gasteiger partial charge in [-0.3, -0.25) is 4.79 Å². The number of carbonyl (C=O) groups excluding carboxylic acids is 1. The van der Waals surface area contributed by atoms with E-state index in [0.717, 1.165) is 13.1 Å². The molecule has 7 heteroatoms. The molecule has 0 aliphatic heterocycles. The highest BCUT2D eigenvalue weighted by atomic mass is 127. The van der Waals surface area contributed by atoms with Gasteiger partial charge in [-0.15, -0.1) is 24.0 Å². The number of halogens is 2. The number of benzene rings is 1. The first-order valence-electron chi connectivity index (χ1n) is 6.23. The number of anilines is 1. The Morgan fingerprint density at radius 2 is 1.90 bits per heavy atom. The zero-order valence-electron chi connectivity index (χ0n) is 11.6. The molecule has 0 atom stereocenters. The van der Waals surface area contributed by atoms with Gasteiger partial charge in [0.25, 0.3) is 0 Å². The van der Waals surface area contributed by atoms with E-state index in [1.165, 1.54) is 18.2 Å². The largest absolute Gasteiger partial charge is 0.357 e. The lowest BCUT2D eigenvalue weighted by Gasteiger charge is -2.09. The molecule has 1 aromatic carbocycles. The quantitative estimate of drug-likeness (QED) is 0.407. The molecule has 1 amide bonds. The maximum Gasteiger partial charge on any atom is 0.246 e. The Balaban J connectivity index is 0.00000361. The predicted octanol–water partition coefficient (Wildman–Crippen LogP) is 1.96. The lowest BCUT2D eigenvalue weighted by molar-refractivity contribution is -0.114. The average molecular weight is 394 g/mol. The summed E-state index contributed by atoms with van der Waals surface area (Å²) < 4.78 is 12.9. The standard InChI is InChI=1S/C13H19FN4O.HI/c1-3-15-13(16-4-2)17-9-12(19)18-11-7-5-6-10(14)8-11;/h5-8H,3-4,9H2,1-2H3,(H,18,19)(H2,15,16,17);1H. The van der Waals surface area contributed by atoms with Gasteiger partial charge in [0.2, 0.25) is 5.91 Å². The van der Waals surface area contributed by atoms with Crippen molar-refractivity contribution in [3.63, 3.8) is 0 Å². The molecular formula is C13H20FIN4O. The van der Waals surface area contributed by atoms with Crippen LogP contribution in [0, 0.1) is 5.82 Å². The molecule has 0 saturated carbocycles. The van der Waals surface area contributed by atoms with E-state index in [4.69, 9.17) is 0 Å². The highest BCUT2D eigenvalue weighted by Gasteiger charge is 2.03. The van der Waals surface area contributed by atoms with Crippen LogP contribution in [0.5, 0.6) is 0 Å². The van der Waals surface area contributed by atoms with Crippen LogP contribution in [0.3, 0.4) is 0 Å². The van der Waals surface area contributed by atoms with Gasteiger partial charge in [0, 0.05) is 18.8 Å². The molecule has 112 valence electrons. The minimum Gasteiger partial charge on any atom is -0.357 e.